The first-order chi connectivity index (χ1) is 10.0. The zero-order chi connectivity index (χ0) is 15.3. The van der Waals surface area contributed by atoms with Gasteiger partial charge in [0, 0.05) is 24.9 Å². The lowest BCUT2D eigenvalue weighted by Crippen LogP contribution is -2.31. The predicted molar refractivity (Wildman–Crippen MR) is 83.0 cm³/mol. The summed E-state index contributed by atoms with van der Waals surface area (Å²) in [5.41, 5.74) is 0. The first-order valence-corrected chi connectivity index (χ1v) is 9.55. The molecule has 0 aliphatic heterocycles. The van der Waals surface area contributed by atoms with Crippen molar-refractivity contribution in [1.82, 2.24) is 10.0 Å². The van der Waals surface area contributed by atoms with Crippen molar-refractivity contribution in [1.29, 1.82) is 0 Å². The van der Waals surface area contributed by atoms with Gasteiger partial charge in [0.25, 0.3) is 10.0 Å². The Hall–Kier alpha value is -0.540. The topological polar surface area (TPSA) is 80.6 Å². The molecule has 1 saturated carbocycles. The summed E-state index contributed by atoms with van der Waals surface area (Å²) in [6, 6.07) is 3.17. The van der Waals surface area contributed by atoms with E-state index < -0.39 is 10.0 Å². The molecule has 0 spiro atoms. The van der Waals surface area contributed by atoms with Gasteiger partial charge in [0.1, 0.15) is 5.76 Å². The van der Waals surface area contributed by atoms with Crippen molar-refractivity contribution in [3.8, 4) is 0 Å². The summed E-state index contributed by atoms with van der Waals surface area (Å²) in [5.74, 6) is 0.595. The van der Waals surface area contributed by atoms with Crippen LogP contribution in [-0.4, -0.2) is 46.2 Å². The molecule has 6 nitrogen and oxygen atoms in total. The second-order valence-electron chi connectivity index (χ2n) is 5.10. The van der Waals surface area contributed by atoms with Crippen LogP contribution in [0.5, 0.6) is 0 Å². The molecule has 2 N–H and O–H groups in total. The largest absolute Gasteiger partial charge is 0.447 e. The molecule has 0 aromatic carbocycles. The SMILES string of the molecule is COCCNCc1ccc(S(=O)(=O)NCC2(SC)CC2)o1. The lowest BCUT2D eigenvalue weighted by atomic mass is 10.4. The van der Waals surface area contributed by atoms with E-state index in [0.717, 1.165) is 12.8 Å². The second-order valence-corrected chi connectivity index (χ2v) is 8.07. The molecule has 1 aliphatic carbocycles. The van der Waals surface area contributed by atoms with Crippen LogP contribution in [0, 0.1) is 0 Å². The molecule has 1 heterocycles. The van der Waals surface area contributed by atoms with Gasteiger partial charge in [-0.25, -0.2) is 13.1 Å². The highest BCUT2D eigenvalue weighted by molar-refractivity contribution is 8.00. The molecular weight excluding hydrogens is 312 g/mol. The number of nitrogens with one attached hydrogen (secondary N) is 2. The Morgan fingerprint density at radius 2 is 2.19 bits per heavy atom. The van der Waals surface area contributed by atoms with Gasteiger partial charge in [-0.1, -0.05) is 0 Å². The van der Waals surface area contributed by atoms with E-state index in [1.807, 2.05) is 6.26 Å². The molecule has 1 fully saturated rings. The third-order valence-electron chi connectivity index (χ3n) is 3.51. The summed E-state index contributed by atoms with van der Waals surface area (Å²) in [5, 5.41) is 3.08. The molecule has 1 aromatic rings. The third-order valence-corrected chi connectivity index (χ3v) is 6.20. The van der Waals surface area contributed by atoms with Crippen LogP contribution in [0.3, 0.4) is 0 Å². The van der Waals surface area contributed by atoms with E-state index >= 15 is 0 Å². The minimum absolute atomic E-state index is 0.0251. The Labute approximate surface area is 130 Å². The normalized spacial score (nSPS) is 17.0. The van der Waals surface area contributed by atoms with Crippen LogP contribution in [0.1, 0.15) is 18.6 Å². The highest BCUT2D eigenvalue weighted by atomic mass is 32.2. The van der Waals surface area contributed by atoms with Crippen LogP contribution in [0.15, 0.2) is 21.6 Å². The number of sulfonamides is 1. The Kier molecular flexibility index (Phi) is 5.73. The quantitative estimate of drug-likeness (QED) is 0.626. The summed E-state index contributed by atoms with van der Waals surface area (Å²) >= 11 is 1.72. The van der Waals surface area contributed by atoms with Crippen molar-refractivity contribution in [2.24, 2.45) is 0 Å². The smallest absolute Gasteiger partial charge is 0.274 e. The summed E-state index contributed by atoms with van der Waals surface area (Å²) in [4.78, 5) is 0. The minimum atomic E-state index is -3.56. The van der Waals surface area contributed by atoms with Gasteiger partial charge >= 0.3 is 0 Å². The van der Waals surface area contributed by atoms with E-state index in [4.69, 9.17) is 9.15 Å². The summed E-state index contributed by atoms with van der Waals surface area (Å²) in [6.07, 6.45) is 4.13. The van der Waals surface area contributed by atoms with Crippen molar-refractivity contribution in [3.63, 3.8) is 0 Å². The summed E-state index contributed by atoms with van der Waals surface area (Å²) in [6.45, 7) is 2.23. The maximum absolute atomic E-state index is 12.2. The number of furan rings is 1. The van der Waals surface area contributed by atoms with E-state index in [0.29, 0.717) is 32.0 Å². The van der Waals surface area contributed by atoms with Gasteiger partial charge < -0.3 is 14.5 Å². The summed E-state index contributed by atoms with van der Waals surface area (Å²) < 4.78 is 37.3. The molecule has 0 atom stereocenters. The lowest BCUT2D eigenvalue weighted by molar-refractivity contribution is 0.198. The highest BCUT2D eigenvalue weighted by Gasteiger charge is 2.42. The second kappa shape index (κ2) is 7.15. The van der Waals surface area contributed by atoms with Gasteiger partial charge in [-0.2, -0.15) is 11.8 Å². The van der Waals surface area contributed by atoms with Crippen molar-refractivity contribution in [2.75, 3.05) is 33.1 Å². The molecule has 2 rings (SSSR count). The number of thioether (sulfide) groups is 1. The molecular formula is C13H22N2O4S2. The standard InChI is InChI=1S/C13H22N2O4S2/c1-18-8-7-14-9-11-3-4-12(19-11)21(16,17)15-10-13(20-2)5-6-13/h3-4,14-15H,5-10H2,1-2H3. The van der Waals surface area contributed by atoms with Crippen LogP contribution in [0.4, 0.5) is 0 Å². The van der Waals surface area contributed by atoms with Gasteiger partial charge in [-0.05, 0) is 31.2 Å². The average molecular weight is 334 g/mol. The first-order valence-electron chi connectivity index (χ1n) is 6.84. The number of rotatable bonds is 10. The van der Waals surface area contributed by atoms with Gasteiger partial charge in [0.05, 0.1) is 13.2 Å². The van der Waals surface area contributed by atoms with Crippen molar-refractivity contribution in [3.05, 3.63) is 17.9 Å². The molecule has 120 valence electrons. The highest BCUT2D eigenvalue weighted by Crippen LogP contribution is 2.46. The maximum atomic E-state index is 12.2. The van der Waals surface area contributed by atoms with Crippen molar-refractivity contribution < 1.29 is 17.6 Å². The van der Waals surface area contributed by atoms with E-state index in [1.165, 1.54) is 6.07 Å². The number of hydrogen-bond acceptors (Lipinski definition) is 6. The van der Waals surface area contributed by atoms with E-state index in [9.17, 15) is 8.42 Å². The van der Waals surface area contributed by atoms with Gasteiger partial charge in [0.15, 0.2) is 0 Å². The van der Waals surface area contributed by atoms with Crippen LogP contribution >= 0.6 is 11.8 Å². The maximum Gasteiger partial charge on any atom is 0.274 e. The Morgan fingerprint density at radius 3 is 2.81 bits per heavy atom. The fraction of sp³-hybridized carbons (Fsp3) is 0.692. The average Bonchev–Trinajstić information content (AvgIpc) is 3.10. The molecule has 0 amide bonds. The fourth-order valence-electron chi connectivity index (χ4n) is 1.87. The minimum Gasteiger partial charge on any atom is -0.447 e. The molecule has 21 heavy (non-hydrogen) atoms. The number of ether oxygens (including phenoxy) is 1. The molecule has 1 aliphatic rings. The first kappa shape index (κ1) is 16.8. The predicted octanol–water partition coefficient (Wildman–Crippen LogP) is 1.19. The van der Waals surface area contributed by atoms with Crippen molar-refractivity contribution >= 4 is 21.8 Å². The van der Waals surface area contributed by atoms with E-state index in [-0.39, 0.29) is 9.84 Å². The van der Waals surface area contributed by atoms with Crippen LogP contribution in [0.25, 0.3) is 0 Å². The van der Waals surface area contributed by atoms with Crippen molar-refractivity contribution in [2.45, 2.75) is 29.2 Å². The van der Waals surface area contributed by atoms with Crippen LogP contribution in [-0.2, 0) is 21.3 Å². The fourth-order valence-corrected chi connectivity index (χ4v) is 3.76. The Bertz CT molecular complexity index is 552. The monoisotopic (exact) mass is 334 g/mol. The summed E-state index contributed by atoms with van der Waals surface area (Å²) in [7, 11) is -1.93. The van der Waals surface area contributed by atoms with E-state index in [2.05, 4.69) is 10.0 Å². The molecule has 0 radical (unpaired) electrons. The Morgan fingerprint density at radius 1 is 1.43 bits per heavy atom. The number of methoxy groups -OCH3 is 1. The zero-order valence-electron chi connectivity index (χ0n) is 12.3. The van der Waals surface area contributed by atoms with Gasteiger partial charge in [0.2, 0.25) is 5.09 Å². The zero-order valence-corrected chi connectivity index (χ0v) is 14.0. The molecule has 0 bridgehead atoms. The Balaban J connectivity index is 1.86. The molecule has 8 heteroatoms. The van der Waals surface area contributed by atoms with Crippen LogP contribution in [0.2, 0.25) is 0 Å². The van der Waals surface area contributed by atoms with Gasteiger partial charge in [-0.3, -0.25) is 0 Å². The molecule has 0 saturated heterocycles. The molecule has 1 aromatic heterocycles. The van der Waals surface area contributed by atoms with Crippen LogP contribution < -0.4 is 10.0 Å². The lowest BCUT2D eigenvalue weighted by Gasteiger charge is -2.12. The number of hydrogen-bond donors (Lipinski definition) is 2. The third kappa shape index (κ3) is 4.72. The van der Waals surface area contributed by atoms with E-state index in [1.54, 1.807) is 24.9 Å². The molecule has 0 unspecified atom stereocenters. The van der Waals surface area contributed by atoms with Gasteiger partial charge in [-0.15, -0.1) is 0 Å².